The number of methoxy groups -OCH3 is 1. The van der Waals surface area contributed by atoms with Crippen LogP contribution in [-0.2, 0) is 23.9 Å². The minimum absolute atomic E-state index is 0.0199. The van der Waals surface area contributed by atoms with Crippen molar-refractivity contribution < 1.29 is 29.0 Å². The zero-order chi connectivity index (χ0) is 25.4. The predicted molar refractivity (Wildman–Crippen MR) is 127 cm³/mol. The normalized spacial score (nSPS) is 41.0. The Morgan fingerprint density at radius 2 is 1.74 bits per heavy atom. The van der Waals surface area contributed by atoms with Crippen LogP contribution in [0.15, 0.2) is 23.3 Å². The first-order chi connectivity index (χ1) is 15.7. The van der Waals surface area contributed by atoms with Crippen LogP contribution in [-0.4, -0.2) is 41.6 Å². The summed E-state index contributed by atoms with van der Waals surface area (Å²) >= 11 is 0. The predicted octanol–water partition coefficient (Wildman–Crippen LogP) is 4.14. The number of hydrogen-bond acceptors (Lipinski definition) is 6. The SMILES string of the molecule is C=C(CCC(=O)OC)C1CC(=O)C2(C)C3=C(C(=O)CC12C)C1(C)CCC(=O)C(C)(C)C1CC3O. The molecule has 0 heterocycles. The first kappa shape index (κ1) is 25.0. The quantitative estimate of drug-likeness (QED) is 0.490. The lowest BCUT2D eigenvalue weighted by atomic mass is 9.42. The fourth-order valence-corrected chi connectivity index (χ4v) is 8.18. The number of esters is 1. The molecule has 6 nitrogen and oxygen atoms in total. The molecule has 0 aromatic rings. The number of rotatable bonds is 4. The van der Waals surface area contributed by atoms with Crippen LogP contribution in [0.1, 0.15) is 79.6 Å². The van der Waals surface area contributed by atoms with Crippen molar-refractivity contribution in [1.29, 1.82) is 0 Å². The van der Waals surface area contributed by atoms with Gasteiger partial charge in [-0.05, 0) is 49.0 Å². The van der Waals surface area contributed by atoms with Gasteiger partial charge in [0.25, 0.3) is 0 Å². The van der Waals surface area contributed by atoms with E-state index in [0.29, 0.717) is 36.8 Å². The van der Waals surface area contributed by atoms with Gasteiger partial charge in [0.05, 0.1) is 18.6 Å². The maximum absolute atomic E-state index is 13.9. The standard InChI is InChI=1S/C28H38O6/c1-15(8-9-22(33)34-7)16-12-21(32)28(6)24-17(29)13-19-25(2,3)20(31)10-11-26(19,4)23(24)18(30)14-27(16,28)5/h16-17,19,29H,1,8-14H2,2-7H3. The number of Topliss-reactive ketones (excluding diaryl/α,β-unsaturated/α-hetero) is 3. The van der Waals surface area contributed by atoms with Gasteiger partial charge in [-0.3, -0.25) is 19.2 Å². The molecule has 0 saturated heterocycles. The number of fused-ring (bicyclic) bond motifs is 4. The lowest BCUT2D eigenvalue weighted by Crippen LogP contribution is -2.59. The maximum atomic E-state index is 13.9. The van der Waals surface area contributed by atoms with Crippen LogP contribution in [0.4, 0.5) is 0 Å². The third-order valence-corrected chi connectivity index (χ3v) is 10.4. The van der Waals surface area contributed by atoms with E-state index in [1.165, 1.54) is 7.11 Å². The molecule has 4 aliphatic carbocycles. The van der Waals surface area contributed by atoms with E-state index in [-0.39, 0.29) is 54.4 Å². The molecule has 6 unspecified atom stereocenters. The van der Waals surface area contributed by atoms with Crippen LogP contribution < -0.4 is 0 Å². The monoisotopic (exact) mass is 470 g/mol. The highest BCUT2D eigenvalue weighted by Gasteiger charge is 2.70. The summed E-state index contributed by atoms with van der Waals surface area (Å²) in [5.41, 5.74) is -0.937. The fourth-order valence-electron chi connectivity index (χ4n) is 8.18. The van der Waals surface area contributed by atoms with Crippen LogP contribution in [0.2, 0.25) is 0 Å². The van der Waals surface area contributed by atoms with Crippen LogP contribution in [0.25, 0.3) is 0 Å². The topological polar surface area (TPSA) is 97.7 Å². The highest BCUT2D eigenvalue weighted by molar-refractivity contribution is 6.05. The number of allylic oxidation sites excluding steroid dienone is 2. The van der Waals surface area contributed by atoms with Crippen molar-refractivity contribution in [2.75, 3.05) is 7.11 Å². The van der Waals surface area contributed by atoms with Gasteiger partial charge in [-0.2, -0.15) is 0 Å². The van der Waals surface area contributed by atoms with E-state index >= 15 is 0 Å². The second-order valence-corrected chi connectivity index (χ2v) is 12.2. The summed E-state index contributed by atoms with van der Waals surface area (Å²) in [6.07, 6.45) is 1.40. The Morgan fingerprint density at radius 1 is 1.09 bits per heavy atom. The van der Waals surface area contributed by atoms with Gasteiger partial charge in [0.2, 0.25) is 0 Å². The molecule has 6 heteroatoms. The Balaban J connectivity index is 1.83. The van der Waals surface area contributed by atoms with E-state index in [1.54, 1.807) is 0 Å². The summed E-state index contributed by atoms with van der Waals surface area (Å²) in [5, 5.41) is 11.5. The average Bonchev–Trinajstić information content (AvgIpc) is 2.97. The Morgan fingerprint density at radius 3 is 2.35 bits per heavy atom. The molecule has 0 radical (unpaired) electrons. The molecule has 0 aromatic heterocycles. The molecule has 0 amide bonds. The molecular formula is C28H38O6. The lowest BCUT2D eigenvalue weighted by Gasteiger charge is -2.60. The number of carbonyl (C=O) groups excluding carboxylic acids is 4. The molecule has 2 fully saturated rings. The highest BCUT2D eigenvalue weighted by atomic mass is 16.5. The molecule has 4 aliphatic rings. The van der Waals surface area contributed by atoms with Crippen molar-refractivity contribution in [3.05, 3.63) is 23.3 Å². The number of aliphatic hydroxyl groups excluding tert-OH is 1. The van der Waals surface area contributed by atoms with Gasteiger partial charge in [-0.15, -0.1) is 0 Å². The molecule has 6 atom stereocenters. The van der Waals surface area contributed by atoms with Gasteiger partial charge in [-0.25, -0.2) is 0 Å². The number of hydrogen-bond donors (Lipinski definition) is 1. The largest absolute Gasteiger partial charge is 0.469 e. The van der Waals surface area contributed by atoms with E-state index in [9.17, 15) is 24.3 Å². The van der Waals surface area contributed by atoms with E-state index in [2.05, 4.69) is 13.5 Å². The summed E-state index contributed by atoms with van der Waals surface area (Å²) in [4.78, 5) is 52.2. The van der Waals surface area contributed by atoms with Gasteiger partial charge in [-0.1, -0.05) is 39.8 Å². The van der Waals surface area contributed by atoms with Gasteiger partial charge in [0, 0.05) is 42.1 Å². The minimum Gasteiger partial charge on any atom is -0.469 e. The first-order valence-electron chi connectivity index (χ1n) is 12.4. The minimum atomic E-state index is -0.992. The molecule has 0 aromatic carbocycles. The molecule has 1 N–H and O–H groups in total. The Hall–Kier alpha value is -2.08. The number of aliphatic hydroxyl groups is 1. The van der Waals surface area contributed by atoms with Gasteiger partial charge >= 0.3 is 5.97 Å². The van der Waals surface area contributed by atoms with Crippen molar-refractivity contribution in [2.24, 2.45) is 33.5 Å². The number of carbonyl (C=O) groups is 4. The molecule has 4 rings (SSSR count). The molecule has 0 aliphatic heterocycles. The first-order valence-corrected chi connectivity index (χ1v) is 12.4. The van der Waals surface area contributed by atoms with Crippen molar-refractivity contribution in [1.82, 2.24) is 0 Å². The summed E-state index contributed by atoms with van der Waals surface area (Å²) in [6.45, 7) is 14.0. The third kappa shape index (κ3) is 3.03. The van der Waals surface area contributed by atoms with Crippen molar-refractivity contribution in [3.8, 4) is 0 Å². The number of ether oxygens (including phenoxy) is 1. The zero-order valence-electron chi connectivity index (χ0n) is 21.4. The van der Waals surface area contributed by atoms with Gasteiger partial charge in [0.15, 0.2) is 5.78 Å². The second-order valence-electron chi connectivity index (χ2n) is 12.2. The molecule has 0 bridgehead atoms. The summed E-state index contributed by atoms with van der Waals surface area (Å²) in [6, 6.07) is 0. The Kier molecular flexibility index (Phi) is 5.67. The van der Waals surface area contributed by atoms with E-state index in [1.807, 2.05) is 27.7 Å². The van der Waals surface area contributed by atoms with Gasteiger partial charge < -0.3 is 9.84 Å². The van der Waals surface area contributed by atoms with Crippen LogP contribution in [0.3, 0.4) is 0 Å². The molecule has 0 spiro atoms. The van der Waals surface area contributed by atoms with Crippen molar-refractivity contribution in [2.45, 2.75) is 85.7 Å². The number of ketones is 3. The van der Waals surface area contributed by atoms with E-state index in [4.69, 9.17) is 4.74 Å². The van der Waals surface area contributed by atoms with Crippen LogP contribution in [0.5, 0.6) is 0 Å². The van der Waals surface area contributed by atoms with Gasteiger partial charge in [0.1, 0.15) is 11.6 Å². The zero-order valence-corrected chi connectivity index (χ0v) is 21.4. The van der Waals surface area contributed by atoms with Crippen molar-refractivity contribution in [3.63, 3.8) is 0 Å². The smallest absolute Gasteiger partial charge is 0.305 e. The van der Waals surface area contributed by atoms with E-state index in [0.717, 1.165) is 5.57 Å². The Labute approximate surface area is 202 Å². The van der Waals surface area contributed by atoms with Crippen LogP contribution in [0, 0.1) is 33.5 Å². The second kappa shape index (κ2) is 7.71. The summed E-state index contributed by atoms with van der Waals surface area (Å²) < 4.78 is 4.76. The molecular weight excluding hydrogens is 432 g/mol. The average molecular weight is 471 g/mol. The van der Waals surface area contributed by atoms with E-state index < -0.39 is 27.8 Å². The highest BCUT2D eigenvalue weighted by Crippen LogP contribution is 2.70. The lowest BCUT2D eigenvalue weighted by molar-refractivity contribution is -0.146. The molecule has 186 valence electrons. The molecule has 34 heavy (non-hydrogen) atoms. The summed E-state index contributed by atoms with van der Waals surface area (Å²) in [7, 11) is 1.34. The van der Waals surface area contributed by atoms with Crippen molar-refractivity contribution >= 4 is 23.3 Å². The molecule has 2 saturated carbocycles. The third-order valence-electron chi connectivity index (χ3n) is 10.4. The Bertz CT molecular complexity index is 1030. The van der Waals surface area contributed by atoms with Crippen LogP contribution >= 0.6 is 0 Å². The fraction of sp³-hybridized carbons (Fsp3) is 0.714. The summed E-state index contributed by atoms with van der Waals surface area (Å²) in [5.74, 6) is -0.578. The maximum Gasteiger partial charge on any atom is 0.305 e.